The van der Waals surface area contributed by atoms with Crippen LogP contribution in [-0.4, -0.2) is 18.0 Å². The number of nitrogens with zero attached hydrogens (tertiary/aromatic N) is 1. The average molecular weight is 286 g/mol. The predicted octanol–water partition coefficient (Wildman–Crippen LogP) is 2.56. The Bertz CT molecular complexity index is 642. The molecule has 0 fully saturated rings. The number of benzene rings is 1. The van der Waals surface area contributed by atoms with Crippen LogP contribution in [0.3, 0.4) is 0 Å². The molecule has 0 saturated carbocycles. The Labute approximate surface area is 122 Å². The van der Waals surface area contributed by atoms with E-state index in [0.29, 0.717) is 12.1 Å². The zero-order chi connectivity index (χ0) is 15.1. The van der Waals surface area contributed by atoms with E-state index >= 15 is 0 Å². The minimum Gasteiger partial charge on any atom is -0.494 e. The Kier molecular flexibility index (Phi) is 5.04. The third-order valence-corrected chi connectivity index (χ3v) is 2.77. The van der Waals surface area contributed by atoms with Gasteiger partial charge in [0.15, 0.2) is 11.6 Å². The first-order valence-corrected chi connectivity index (χ1v) is 6.38. The number of hydrogen-bond acceptors (Lipinski definition) is 3. The van der Waals surface area contributed by atoms with Crippen LogP contribution in [0.1, 0.15) is 11.3 Å². The number of carbonyl (C=O) groups is 1. The van der Waals surface area contributed by atoms with E-state index in [9.17, 15) is 9.18 Å². The minimum absolute atomic E-state index is 0.173. The number of hydrogen-bond donors (Lipinski definition) is 1. The van der Waals surface area contributed by atoms with Crippen molar-refractivity contribution in [1.29, 1.82) is 0 Å². The van der Waals surface area contributed by atoms with Gasteiger partial charge >= 0.3 is 0 Å². The number of amides is 1. The van der Waals surface area contributed by atoms with Crippen LogP contribution in [-0.2, 0) is 11.3 Å². The molecule has 21 heavy (non-hydrogen) atoms. The van der Waals surface area contributed by atoms with Crippen LogP contribution in [0.25, 0.3) is 6.08 Å². The van der Waals surface area contributed by atoms with Crippen molar-refractivity contribution in [3.05, 3.63) is 65.7 Å². The molecule has 0 spiro atoms. The van der Waals surface area contributed by atoms with Crippen molar-refractivity contribution < 1.29 is 13.9 Å². The fourth-order valence-corrected chi connectivity index (χ4v) is 1.70. The lowest BCUT2D eigenvalue weighted by molar-refractivity contribution is -0.116. The number of rotatable bonds is 5. The Morgan fingerprint density at radius 2 is 2.24 bits per heavy atom. The van der Waals surface area contributed by atoms with Crippen LogP contribution >= 0.6 is 0 Å². The van der Waals surface area contributed by atoms with Crippen molar-refractivity contribution in [2.45, 2.75) is 6.54 Å². The van der Waals surface area contributed by atoms with Gasteiger partial charge in [0.1, 0.15) is 0 Å². The summed E-state index contributed by atoms with van der Waals surface area (Å²) >= 11 is 0. The highest BCUT2D eigenvalue weighted by Crippen LogP contribution is 2.18. The predicted molar refractivity (Wildman–Crippen MR) is 78.1 cm³/mol. The molecule has 0 atom stereocenters. The fraction of sp³-hybridized carbons (Fsp3) is 0.125. The van der Waals surface area contributed by atoms with E-state index in [2.05, 4.69) is 10.3 Å². The fourth-order valence-electron chi connectivity index (χ4n) is 1.70. The molecule has 0 unspecified atom stereocenters. The van der Waals surface area contributed by atoms with Crippen LogP contribution in [0.2, 0.25) is 0 Å². The zero-order valence-electron chi connectivity index (χ0n) is 11.5. The van der Waals surface area contributed by atoms with Crippen LogP contribution in [0.15, 0.2) is 48.7 Å². The summed E-state index contributed by atoms with van der Waals surface area (Å²) in [5, 5.41) is 2.70. The molecule has 0 aliphatic heterocycles. The minimum atomic E-state index is -0.464. The molecule has 108 valence electrons. The number of nitrogens with one attached hydrogen (secondary N) is 1. The molecule has 1 N–H and O–H groups in total. The van der Waals surface area contributed by atoms with Gasteiger partial charge in [0.05, 0.1) is 19.3 Å². The molecule has 1 aromatic carbocycles. The largest absolute Gasteiger partial charge is 0.494 e. The topological polar surface area (TPSA) is 51.2 Å². The van der Waals surface area contributed by atoms with Gasteiger partial charge < -0.3 is 10.1 Å². The number of carbonyl (C=O) groups excluding carboxylic acids is 1. The van der Waals surface area contributed by atoms with Crippen molar-refractivity contribution in [1.82, 2.24) is 10.3 Å². The second-order valence-corrected chi connectivity index (χ2v) is 4.27. The van der Waals surface area contributed by atoms with Gasteiger partial charge in [-0.05, 0) is 35.9 Å². The van der Waals surface area contributed by atoms with Gasteiger partial charge in [-0.3, -0.25) is 9.78 Å². The molecule has 0 saturated heterocycles. The van der Waals surface area contributed by atoms with Gasteiger partial charge in [0.25, 0.3) is 0 Å². The lowest BCUT2D eigenvalue weighted by atomic mass is 10.2. The second kappa shape index (κ2) is 7.19. The first-order chi connectivity index (χ1) is 10.2. The number of methoxy groups -OCH3 is 1. The molecule has 1 heterocycles. The maximum absolute atomic E-state index is 13.5. The van der Waals surface area contributed by atoms with Crippen molar-refractivity contribution in [3.8, 4) is 5.75 Å². The molecule has 0 aliphatic carbocycles. The lowest BCUT2D eigenvalue weighted by Gasteiger charge is -2.02. The SMILES string of the molecule is COc1ccc(/C=C/C(=O)NCc2ccccn2)cc1F. The van der Waals surface area contributed by atoms with Gasteiger partial charge in [-0.15, -0.1) is 0 Å². The highest BCUT2D eigenvalue weighted by molar-refractivity contribution is 5.91. The third-order valence-electron chi connectivity index (χ3n) is 2.77. The summed E-state index contributed by atoms with van der Waals surface area (Å²) in [6, 6.07) is 9.98. The molecular formula is C16H15FN2O2. The van der Waals surface area contributed by atoms with E-state index in [0.717, 1.165) is 5.69 Å². The summed E-state index contributed by atoms with van der Waals surface area (Å²) in [6.07, 6.45) is 4.55. The first-order valence-electron chi connectivity index (χ1n) is 6.38. The maximum Gasteiger partial charge on any atom is 0.244 e. The van der Waals surface area contributed by atoms with Crippen LogP contribution in [0.5, 0.6) is 5.75 Å². The average Bonchev–Trinajstić information content (AvgIpc) is 2.52. The third kappa shape index (κ3) is 4.42. The number of aromatic nitrogens is 1. The number of ether oxygens (including phenoxy) is 1. The Morgan fingerprint density at radius 1 is 1.38 bits per heavy atom. The standard InChI is InChI=1S/C16H15FN2O2/c1-21-15-7-5-12(10-14(15)17)6-8-16(20)19-11-13-4-2-3-9-18-13/h2-10H,11H2,1H3,(H,19,20)/b8-6+. The van der Waals surface area contributed by atoms with E-state index in [4.69, 9.17) is 4.74 Å². The van der Waals surface area contributed by atoms with E-state index in [1.54, 1.807) is 12.3 Å². The van der Waals surface area contributed by atoms with Gasteiger partial charge in [0.2, 0.25) is 5.91 Å². The van der Waals surface area contributed by atoms with Gasteiger partial charge in [-0.25, -0.2) is 4.39 Å². The molecule has 1 amide bonds. The molecule has 1 aromatic heterocycles. The molecule has 2 aromatic rings. The summed E-state index contributed by atoms with van der Waals surface area (Å²) in [7, 11) is 1.40. The van der Waals surface area contributed by atoms with Crippen molar-refractivity contribution >= 4 is 12.0 Å². The number of halogens is 1. The van der Waals surface area contributed by atoms with Crippen molar-refractivity contribution in [2.75, 3.05) is 7.11 Å². The van der Waals surface area contributed by atoms with Crippen molar-refractivity contribution in [3.63, 3.8) is 0 Å². The smallest absolute Gasteiger partial charge is 0.244 e. The normalized spacial score (nSPS) is 10.6. The summed E-state index contributed by atoms with van der Waals surface area (Å²) in [5.41, 5.74) is 1.36. The second-order valence-electron chi connectivity index (χ2n) is 4.27. The lowest BCUT2D eigenvalue weighted by Crippen LogP contribution is -2.20. The van der Waals surface area contributed by atoms with Crippen LogP contribution < -0.4 is 10.1 Å². The van der Waals surface area contributed by atoms with Gasteiger partial charge in [-0.2, -0.15) is 0 Å². The van der Waals surface area contributed by atoms with E-state index in [1.165, 1.54) is 31.4 Å². The molecule has 0 radical (unpaired) electrons. The molecule has 0 bridgehead atoms. The molecule has 4 nitrogen and oxygen atoms in total. The Hall–Kier alpha value is -2.69. The summed E-state index contributed by atoms with van der Waals surface area (Å²) in [5.74, 6) is -0.558. The quantitative estimate of drug-likeness (QED) is 0.859. The molecular weight excluding hydrogens is 271 g/mol. The van der Waals surface area contributed by atoms with E-state index in [1.807, 2.05) is 18.2 Å². The Balaban J connectivity index is 1.91. The summed E-state index contributed by atoms with van der Waals surface area (Å²) < 4.78 is 18.3. The monoisotopic (exact) mass is 286 g/mol. The molecule has 2 rings (SSSR count). The van der Waals surface area contributed by atoms with Gasteiger partial charge in [0, 0.05) is 12.3 Å². The summed E-state index contributed by atoms with van der Waals surface area (Å²) in [4.78, 5) is 15.8. The molecule has 5 heteroatoms. The highest BCUT2D eigenvalue weighted by atomic mass is 19.1. The Morgan fingerprint density at radius 3 is 2.90 bits per heavy atom. The zero-order valence-corrected chi connectivity index (χ0v) is 11.5. The van der Waals surface area contributed by atoms with Crippen LogP contribution in [0, 0.1) is 5.82 Å². The number of pyridine rings is 1. The molecule has 0 aliphatic rings. The van der Waals surface area contributed by atoms with Crippen molar-refractivity contribution in [2.24, 2.45) is 0 Å². The highest BCUT2D eigenvalue weighted by Gasteiger charge is 2.02. The van der Waals surface area contributed by atoms with E-state index < -0.39 is 5.82 Å². The maximum atomic E-state index is 13.5. The van der Waals surface area contributed by atoms with Crippen LogP contribution in [0.4, 0.5) is 4.39 Å². The van der Waals surface area contributed by atoms with Gasteiger partial charge in [-0.1, -0.05) is 12.1 Å². The van der Waals surface area contributed by atoms with E-state index in [-0.39, 0.29) is 11.7 Å². The first kappa shape index (κ1) is 14.7. The summed E-state index contributed by atoms with van der Waals surface area (Å²) in [6.45, 7) is 0.348.